The number of hydrogen-bond acceptors (Lipinski definition) is 7. The van der Waals surface area contributed by atoms with Crippen LogP contribution in [0.5, 0.6) is 11.5 Å². The van der Waals surface area contributed by atoms with E-state index < -0.39 is 39.8 Å². The zero-order chi connectivity index (χ0) is 20.4. The molecule has 10 heteroatoms. The monoisotopic (exact) mass is 382 g/mol. The molecule has 1 N–H and O–H groups in total. The number of nitro groups is 1. The number of methoxy groups -OCH3 is 1. The quantitative estimate of drug-likeness (QED) is 0.364. The molecule has 1 aliphatic rings. The van der Waals surface area contributed by atoms with Gasteiger partial charge < -0.3 is 9.84 Å². The first-order valence-corrected chi connectivity index (χ1v) is 7.83. The number of barbiturate groups is 1. The molecule has 0 bridgehead atoms. The number of benzene rings is 2. The van der Waals surface area contributed by atoms with Gasteiger partial charge in [0.1, 0.15) is 11.3 Å². The van der Waals surface area contributed by atoms with Crippen molar-refractivity contribution in [1.29, 1.82) is 0 Å². The topological polar surface area (TPSA) is 142 Å². The highest BCUT2D eigenvalue weighted by Gasteiger charge is 2.36. The van der Waals surface area contributed by atoms with Gasteiger partial charge in [-0.3, -0.25) is 25.0 Å². The minimum Gasteiger partial charge on any atom is -0.868 e. The number of nitrogens with zero attached hydrogens (tertiary/aromatic N) is 2. The fourth-order valence-corrected chi connectivity index (χ4v) is 2.56. The zero-order valence-corrected chi connectivity index (χ0v) is 14.4. The molecular weight excluding hydrogens is 370 g/mol. The molecule has 0 aromatic heterocycles. The van der Waals surface area contributed by atoms with Crippen LogP contribution >= 0.6 is 0 Å². The summed E-state index contributed by atoms with van der Waals surface area (Å²) in [5.41, 5.74) is -0.819. The third-order valence-corrected chi connectivity index (χ3v) is 3.92. The predicted octanol–water partition coefficient (Wildman–Crippen LogP) is 1.34. The van der Waals surface area contributed by atoms with E-state index in [0.717, 1.165) is 23.1 Å². The molecule has 0 spiro atoms. The molecule has 1 saturated heterocycles. The molecule has 1 heterocycles. The van der Waals surface area contributed by atoms with Crippen LogP contribution < -0.4 is 20.1 Å². The maximum Gasteiger partial charge on any atom is 0.335 e. The van der Waals surface area contributed by atoms with Gasteiger partial charge in [-0.25, -0.2) is 9.69 Å². The van der Waals surface area contributed by atoms with E-state index in [0.29, 0.717) is 5.75 Å². The predicted molar refractivity (Wildman–Crippen MR) is 94.5 cm³/mol. The summed E-state index contributed by atoms with van der Waals surface area (Å²) in [5, 5.41) is 24.4. The van der Waals surface area contributed by atoms with Gasteiger partial charge in [-0.15, -0.1) is 0 Å². The molecule has 0 unspecified atom stereocenters. The molecule has 0 atom stereocenters. The Bertz CT molecular complexity index is 1030. The normalized spacial score (nSPS) is 15.5. The summed E-state index contributed by atoms with van der Waals surface area (Å²) in [6.07, 6.45) is 1.08. The number of carbonyl (C=O) groups excluding carboxylic acids is 3. The van der Waals surface area contributed by atoms with Crippen molar-refractivity contribution in [3.8, 4) is 11.5 Å². The average Bonchev–Trinajstić information content (AvgIpc) is 2.66. The summed E-state index contributed by atoms with van der Waals surface area (Å²) in [7, 11) is 1.46. The van der Waals surface area contributed by atoms with E-state index in [9.17, 15) is 29.6 Å². The summed E-state index contributed by atoms with van der Waals surface area (Å²) < 4.78 is 5.02. The number of nitrogens with one attached hydrogen (secondary N) is 1. The fourth-order valence-electron chi connectivity index (χ4n) is 2.56. The Balaban J connectivity index is 2.01. The minimum absolute atomic E-state index is 0.0915. The summed E-state index contributed by atoms with van der Waals surface area (Å²) in [4.78, 5) is 47.8. The summed E-state index contributed by atoms with van der Waals surface area (Å²) in [6, 6.07) is 8.20. The first-order chi connectivity index (χ1) is 13.3. The van der Waals surface area contributed by atoms with Crippen LogP contribution in [0.3, 0.4) is 0 Å². The third kappa shape index (κ3) is 3.38. The number of anilines is 1. The highest BCUT2D eigenvalue weighted by molar-refractivity contribution is 6.39. The maximum absolute atomic E-state index is 12.7. The SMILES string of the molecule is COc1ccc(N2C(=O)NC(=O)/C(=C/c3ccc([O-])c([N+](=O)[O-])c3)C2=O)cc1. The van der Waals surface area contributed by atoms with Crippen LogP contribution in [-0.2, 0) is 9.59 Å². The van der Waals surface area contributed by atoms with Crippen molar-refractivity contribution >= 4 is 35.3 Å². The molecule has 0 saturated carbocycles. The highest BCUT2D eigenvalue weighted by atomic mass is 16.6. The number of imide groups is 2. The van der Waals surface area contributed by atoms with E-state index in [1.807, 2.05) is 5.32 Å². The molecule has 142 valence electrons. The van der Waals surface area contributed by atoms with Crippen molar-refractivity contribution in [2.45, 2.75) is 0 Å². The molecule has 0 radical (unpaired) electrons. The van der Waals surface area contributed by atoms with Gasteiger partial charge in [-0.2, -0.15) is 0 Å². The second-order valence-electron chi connectivity index (χ2n) is 5.64. The standard InChI is InChI=1S/C18H13N3O7/c1-28-12-5-3-11(4-6-12)20-17(24)13(16(23)19-18(20)25)8-10-2-7-15(22)14(9-10)21(26)27/h2-9,22H,1H3,(H,19,23,25)/p-1/b13-8-. The number of ether oxygens (including phenoxy) is 1. The molecule has 4 amide bonds. The van der Waals surface area contributed by atoms with E-state index in [-0.39, 0.29) is 11.3 Å². The third-order valence-electron chi connectivity index (χ3n) is 3.92. The Kier molecular flexibility index (Phi) is 4.77. The van der Waals surface area contributed by atoms with E-state index in [2.05, 4.69) is 0 Å². The van der Waals surface area contributed by atoms with Crippen LogP contribution in [0.15, 0.2) is 48.0 Å². The maximum atomic E-state index is 12.7. The largest absolute Gasteiger partial charge is 0.868 e. The van der Waals surface area contributed by atoms with Gasteiger partial charge in [0.25, 0.3) is 17.5 Å². The van der Waals surface area contributed by atoms with Gasteiger partial charge in [0.05, 0.1) is 17.7 Å². The van der Waals surface area contributed by atoms with Crippen molar-refractivity contribution in [2.75, 3.05) is 12.0 Å². The lowest BCUT2D eigenvalue weighted by Gasteiger charge is -2.26. The lowest BCUT2D eigenvalue weighted by atomic mass is 10.1. The van der Waals surface area contributed by atoms with Gasteiger partial charge in [-0.1, -0.05) is 12.1 Å². The smallest absolute Gasteiger partial charge is 0.335 e. The van der Waals surface area contributed by atoms with E-state index in [1.165, 1.54) is 37.4 Å². The second kappa shape index (κ2) is 7.19. The number of rotatable bonds is 4. The van der Waals surface area contributed by atoms with E-state index >= 15 is 0 Å². The lowest BCUT2D eigenvalue weighted by molar-refractivity contribution is -0.398. The average molecular weight is 382 g/mol. The molecule has 28 heavy (non-hydrogen) atoms. The van der Waals surface area contributed by atoms with Crippen molar-refractivity contribution in [2.24, 2.45) is 0 Å². The molecule has 2 aromatic rings. The summed E-state index contributed by atoms with van der Waals surface area (Å²) in [5.74, 6) is -2.16. The Morgan fingerprint density at radius 1 is 1.11 bits per heavy atom. The minimum atomic E-state index is -0.950. The van der Waals surface area contributed by atoms with Crippen LogP contribution in [0.4, 0.5) is 16.2 Å². The van der Waals surface area contributed by atoms with Crippen LogP contribution in [0.2, 0.25) is 0 Å². The Hall–Kier alpha value is -4.21. The van der Waals surface area contributed by atoms with E-state index in [1.54, 1.807) is 0 Å². The molecule has 10 nitrogen and oxygen atoms in total. The summed E-state index contributed by atoms with van der Waals surface area (Å²) in [6.45, 7) is 0. The molecule has 3 rings (SSSR count). The van der Waals surface area contributed by atoms with Gasteiger partial charge in [0.15, 0.2) is 0 Å². The van der Waals surface area contributed by atoms with Crippen LogP contribution in [-0.4, -0.2) is 29.9 Å². The molecule has 1 fully saturated rings. The molecule has 2 aromatic carbocycles. The van der Waals surface area contributed by atoms with Crippen LogP contribution in [0.1, 0.15) is 5.56 Å². The number of hydrogen-bond donors (Lipinski definition) is 1. The van der Waals surface area contributed by atoms with Gasteiger partial charge in [-0.05, 0) is 41.7 Å². The van der Waals surface area contributed by atoms with Gasteiger partial charge in [0, 0.05) is 6.07 Å². The Morgan fingerprint density at radius 3 is 2.39 bits per heavy atom. The van der Waals surface area contributed by atoms with Gasteiger partial charge in [0.2, 0.25) is 0 Å². The number of nitro benzene ring substituents is 1. The van der Waals surface area contributed by atoms with Crippen LogP contribution in [0.25, 0.3) is 6.08 Å². The van der Waals surface area contributed by atoms with Crippen molar-refractivity contribution in [3.05, 3.63) is 63.7 Å². The molecule has 0 aliphatic carbocycles. The van der Waals surface area contributed by atoms with E-state index in [4.69, 9.17) is 4.74 Å². The van der Waals surface area contributed by atoms with Gasteiger partial charge >= 0.3 is 6.03 Å². The molecular formula is C18H12N3O7-. The zero-order valence-electron chi connectivity index (χ0n) is 14.4. The van der Waals surface area contributed by atoms with Crippen molar-refractivity contribution < 1.29 is 29.2 Å². The number of amides is 4. The molecule has 1 aliphatic heterocycles. The first-order valence-electron chi connectivity index (χ1n) is 7.83. The Labute approximate surface area is 157 Å². The first kappa shape index (κ1) is 18.6. The van der Waals surface area contributed by atoms with Crippen LogP contribution in [0, 0.1) is 10.1 Å². The van der Waals surface area contributed by atoms with Crippen molar-refractivity contribution in [3.63, 3.8) is 0 Å². The number of carbonyl (C=O) groups is 3. The van der Waals surface area contributed by atoms with Crippen molar-refractivity contribution in [1.82, 2.24) is 5.32 Å². The number of urea groups is 1. The highest BCUT2D eigenvalue weighted by Crippen LogP contribution is 2.27. The Morgan fingerprint density at radius 2 is 1.79 bits per heavy atom. The fraction of sp³-hybridized carbons (Fsp3) is 0.0556. The second-order valence-corrected chi connectivity index (χ2v) is 5.64. The lowest BCUT2D eigenvalue weighted by Crippen LogP contribution is -2.54. The summed E-state index contributed by atoms with van der Waals surface area (Å²) >= 11 is 0.